The number of carbonyl (C=O) groups excluding carboxylic acids is 1. The Hall–Kier alpha value is -1.42. The summed E-state index contributed by atoms with van der Waals surface area (Å²) in [4.78, 5) is 11.4. The molecule has 1 aliphatic carbocycles. The van der Waals surface area contributed by atoms with Gasteiger partial charge in [-0.3, -0.25) is 4.79 Å². The summed E-state index contributed by atoms with van der Waals surface area (Å²) in [6.07, 6.45) is 2.80. The standard InChI is InChI=1S/C15H20FNO2/c1-2-14(10-19-15(18)12-6-7-12)17-9-11-4-3-5-13(16)8-11/h3-5,8,12,14,17H,2,6-7,9-10H2,1H3. The van der Waals surface area contributed by atoms with Crippen molar-refractivity contribution in [3.63, 3.8) is 0 Å². The van der Waals surface area contributed by atoms with Crippen LogP contribution < -0.4 is 5.32 Å². The summed E-state index contributed by atoms with van der Waals surface area (Å²) in [6.45, 7) is 3.01. The summed E-state index contributed by atoms with van der Waals surface area (Å²) in [5, 5.41) is 3.28. The summed E-state index contributed by atoms with van der Waals surface area (Å²) in [6, 6.07) is 6.62. The Morgan fingerprint density at radius 1 is 1.53 bits per heavy atom. The molecule has 1 aromatic carbocycles. The first-order valence-electron chi connectivity index (χ1n) is 6.83. The molecule has 0 saturated heterocycles. The summed E-state index contributed by atoms with van der Waals surface area (Å²) >= 11 is 0. The Balaban J connectivity index is 1.73. The molecule has 0 heterocycles. The SMILES string of the molecule is CCC(COC(=O)C1CC1)NCc1cccc(F)c1. The Labute approximate surface area is 113 Å². The normalized spacial score (nSPS) is 16.1. The van der Waals surface area contributed by atoms with Gasteiger partial charge in [-0.25, -0.2) is 4.39 Å². The van der Waals surface area contributed by atoms with Crippen molar-refractivity contribution in [1.82, 2.24) is 5.32 Å². The third kappa shape index (κ3) is 4.63. The van der Waals surface area contributed by atoms with Gasteiger partial charge in [0.2, 0.25) is 0 Å². The average molecular weight is 265 g/mol. The van der Waals surface area contributed by atoms with E-state index in [0.717, 1.165) is 24.8 Å². The predicted octanol–water partition coefficient (Wildman–Crippen LogP) is 2.65. The van der Waals surface area contributed by atoms with E-state index in [0.29, 0.717) is 13.2 Å². The highest BCUT2D eigenvalue weighted by molar-refractivity contribution is 5.74. The predicted molar refractivity (Wildman–Crippen MR) is 71.0 cm³/mol. The van der Waals surface area contributed by atoms with Crippen molar-refractivity contribution in [2.45, 2.75) is 38.8 Å². The molecule has 1 fully saturated rings. The van der Waals surface area contributed by atoms with Crippen LogP contribution in [-0.4, -0.2) is 18.6 Å². The van der Waals surface area contributed by atoms with E-state index < -0.39 is 0 Å². The van der Waals surface area contributed by atoms with Crippen LogP contribution in [0.15, 0.2) is 24.3 Å². The highest BCUT2D eigenvalue weighted by atomic mass is 19.1. The molecule has 0 aliphatic heterocycles. The van der Waals surface area contributed by atoms with Crippen LogP contribution in [0, 0.1) is 11.7 Å². The van der Waals surface area contributed by atoms with Gasteiger partial charge in [-0.15, -0.1) is 0 Å². The monoisotopic (exact) mass is 265 g/mol. The van der Waals surface area contributed by atoms with Gasteiger partial charge >= 0.3 is 5.97 Å². The van der Waals surface area contributed by atoms with Gasteiger partial charge in [0.1, 0.15) is 12.4 Å². The van der Waals surface area contributed by atoms with Gasteiger partial charge in [0.15, 0.2) is 0 Å². The Morgan fingerprint density at radius 3 is 2.95 bits per heavy atom. The molecule has 4 heteroatoms. The van der Waals surface area contributed by atoms with E-state index in [2.05, 4.69) is 5.32 Å². The van der Waals surface area contributed by atoms with Crippen molar-refractivity contribution in [1.29, 1.82) is 0 Å². The number of halogens is 1. The molecule has 0 aromatic heterocycles. The largest absolute Gasteiger partial charge is 0.464 e. The average Bonchev–Trinajstić information content (AvgIpc) is 3.23. The number of nitrogens with one attached hydrogen (secondary N) is 1. The van der Waals surface area contributed by atoms with Gasteiger partial charge in [0.05, 0.1) is 5.92 Å². The molecule has 0 bridgehead atoms. The number of rotatable bonds is 7. The smallest absolute Gasteiger partial charge is 0.308 e. The quantitative estimate of drug-likeness (QED) is 0.770. The first kappa shape index (κ1) is 14.0. The molecule has 2 rings (SSSR count). The zero-order valence-electron chi connectivity index (χ0n) is 11.2. The van der Waals surface area contributed by atoms with E-state index in [1.807, 2.05) is 13.0 Å². The second-order valence-corrected chi connectivity index (χ2v) is 5.02. The molecular formula is C15H20FNO2. The van der Waals surface area contributed by atoms with Crippen LogP contribution in [0.2, 0.25) is 0 Å². The van der Waals surface area contributed by atoms with Crippen LogP contribution in [0.5, 0.6) is 0 Å². The number of ether oxygens (including phenoxy) is 1. The molecule has 104 valence electrons. The highest BCUT2D eigenvalue weighted by Crippen LogP contribution is 2.30. The number of hydrogen-bond donors (Lipinski definition) is 1. The minimum atomic E-state index is -0.229. The molecule has 1 saturated carbocycles. The molecule has 1 unspecified atom stereocenters. The number of hydrogen-bond acceptors (Lipinski definition) is 3. The molecule has 3 nitrogen and oxygen atoms in total. The van der Waals surface area contributed by atoms with Gasteiger partial charge in [-0.1, -0.05) is 19.1 Å². The lowest BCUT2D eigenvalue weighted by Gasteiger charge is -2.17. The van der Waals surface area contributed by atoms with Gasteiger partial charge < -0.3 is 10.1 Å². The molecular weight excluding hydrogens is 245 g/mol. The van der Waals surface area contributed by atoms with Crippen molar-refractivity contribution >= 4 is 5.97 Å². The Morgan fingerprint density at radius 2 is 2.32 bits per heavy atom. The fourth-order valence-electron chi connectivity index (χ4n) is 1.85. The lowest BCUT2D eigenvalue weighted by Crippen LogP contribution is -2.33. The van der Waals surface area contributed by atoms with E-state index in [-0.39, 0.29) is 23.7 Å². The molecule has 1 N–H and O–H groups in total. The molecule has 1 atom stereocenters. The maximum atomic E-state index is 13.0. The van der Waals surface area contributed by atoms with Gasteiger partial charge in [0.25, 0.3) is 0 Å². The zero-order chi connectivity index (χ0) is 13.7. The van der Waals surface area contributed by atoms with E-state index in [4.69, 9.17) is 4.74 Å². The van der Waals surface area contributed by atoms with Crippen LogP contribution in [0.25, 0.3) is 0 Å². The minimum absolute atomic E-state index is 0.0778. The topological polar surface area (TPSA) is 38.3 Å². The third-order valence-corrected chi connectivity index (χ3v) is 3.31. The van der Waals surface area contributed by atoms with Crippen LogP contribution >= 0.6 is 0 Å². The van der Waals surface area contributed by atoms with Crippen molar-refractivity contribution in [2.24, 2.45) is 5.92 Å². The number of esters is 1. The van der Waals surface area contributed by atoms with E-state index in [9.17, 15) is 9.18 Å². The summed E-state index contributed by atoms with van der Waals surface area (Å²) in [5.41, 5.74) is 0.895. The summed E-state index contributed by atoms with van der Waals surface area (Å²) in [7, 11) is 0. The summed E-state index contributed by atoms with van der Waals surface area (Å²) < 4.78 is 18.3. The number of carbonyl (C=O) groups is 1. The molecule has 0 spiro atoms. The van der Waals surface area contributed by atoms with Crippen LogP contribution in [0.1, 0.15) is 31.7 Å². The second-order valence-electron chi connectivity index (χ2n) is 5.02. The molecule has 0 amide bonds. The fourth-order valence-corrected chi connectivity index (χ4v) is 1.85. The molecule has 0 radical (unpaired) electrons. The van der Waals surface area contributed by atoms with Crippen LogP contribution in [0.4, 0.5) is 4.39 Å². The van der Waals surface area contributed by atoms with Crippen LogP contribution in [-0.2, 0) is 16.1 Å². The zero-order valence-corrected chi connectivity index (χ0v) is 11.2. The van der Waals surface area contributed by atoms with Crippen molar-refractivity contribution in [3.05, 3.63) is 35.6 Å². The maximum Gasteiger partial charge on any atom is 0.308 e. The van der Waals surface area contributed by atoms with Crippen molar-refractivity contribution in [3.8, 4) is 0 Å². The van der Waals surface area contributed by atoms with Crippen molar-refractivity contribution in [2.75, 3.05) is 6.61 Å². The Bertz CT molecular complexity index is 432. The molecule has 1 aliphatic rings. The first-order valence-corrected chi connectivity index (χ1v) is 6.83. The van der Waals surface area contributed by atoms with Crippen molar-refractivity contribution < 1.29 is 13.9 Å². The minimum Gasteiger partial charge on any atom is -0.464 e. The van der Waals surface area contributed by atoms with E-state index in [1.165, 1.54) is 12.1 Å². The maximum absolute atomic E-state index is 13.0. The second kappa shape index (κ2) is 6.66. The summed E-state index contributed by atoms with van der Waals surface area (Å²) in [5.74, 6) is -0.167. The van der Waals surface area contributed by atoms with Crippen LogP contribution in [0.3, 0.4) is 0 Å². The van der Waals surface area contributed by atoms with E-state index >= 15 is 0 Å². The Kier molecular flexibility index (Phi) is 4.91. The first-order chi connectivity index (χ1) is 9.19. The van der Waals surface area contributed by atoms with Gasteiger partial charge in [-0.05, 0) is 37.0 Å². The number of benzene rings is 1. The molecule has 1 aromatic rings. The van der Waals surface area contributed by atoms with E-state index in [1.54, 1.807) is 6.07 Å². The van der Waals surface area contributed by atoms with Gasteiger partial charge in [-0.2, -0.15) is 0 Å². The van der Waals surface area contributed by atoms with Gasteiger partial charge in [0, 0.05) is 12.6 Å². The highest BCUT2D eigenvalue weighted by Gasteiger charge is 2.31. The lowest BCUT2D eigenvalue weighted by molar-refractivity contribution is -0.145. The third-order valence-electron chi connectivity index (χ3n) is 3.31. The fraction of sp³-hybridized carbons (Fsp3) is 0.533. The lowest BCUT2D eigenvalue weighted by atomic mass is 10.2. The molecule has 19 heavy (non-hydrogen) atoms.